The van der Waals surface area contributed by atoms with Gasteiger partial charge in [-0.2, -0.15) is 5.26 Å². The first kappa shape index (κ1) is 30.0. The third-order valence-corrected chi connectivity index (χ3v) is 15.7. The largest absolute Gasteiger partial charge is 0.459 e. The molecule has 0 N–H and O–H groups in total. The number of unbranched alkanes of at least 4 members (excludes halogenated alkanes) is 1. The summed E-state index contributed by atoms with van der Waals surface area (Å²) in [6.07, 6.45) is 4.18. The fourth-order valence-corrected chi connectivity index (χ4v) is 15.2. The van der Waals surface area contributed by atoms with Gasteiger partial charge in [-0.15, -0.1) is 0 Å². The lowest BCUT2D eigenvalue weighted by molar-refractivity contribution is -0.132. The molecule has 1 atom stereocenters. The molecule has 1 unspecified atom stereocenters. The highest BCUT2D eigenvalue weighted by molar-refractivity contribution is 6.86. The van der Waals surface area contributed by atoms with Crippen molar-refractivity contribution in [2.75, 3.05) is 11.9 Å². The summed E-state index contributed by atoms with van der Waals surface area (Å²) < 4.78 is 19.3. The van der Waals surface area contributed by atoms with Gasteiger partial charge in [-0.25, -0.2) is 0 Å². The number of aliphatic imine (C=N–C) groups is 1. The summed E-state index contributed by atoms with van der Waals surface area (Å²) in [5, 5.41) is 11.6. The number of ether oxygens (including phenoxy) is 2. The number of rotatable bonds is 8. The van der Waals surface area contributed by atoms with Gasteiger partial charge in [-0.3, -0.25) is 9.79 Å². The lowest BCUT2D eigenvalue weighted by Gasteiger charge is -2.45. The van der Waals surface area contributed by atoms with Gasteiger partial charge < -0.3 is 18.5 Å². The average molecular weight is 600 g/mol. The number of nitriles is 1. The van der Waals surface area contributed by atoms with Crippen LogP contribution in [0.2, 0.25) is 38.3 Å². The minimum atomic E-state index is -2.24. The van der Waals surface area contributed by atoms with Crippen LogP contribution in [0.5, 0.6) is 11.5 Å². The fourth-order valence-electron chi connectivity index (χ4n) is 6.54. The van der Waals surface area contributed by atoms with Crippen molar-refractivity contribution in [2.24, 2.45) is 4.99 Å². The number of esters is 1. The smallest absolute Gasteiger partial charge is 0.310 e. The number of nitrogens with zero attached hydrogens (tertiary/aromatic N) is 3. The maximum atomic E-state index is 13.1. The molecule has 9 heteroatoms. The highest BCUT2D eigenvalue weighted by atomic mass is 28.4. The molecule has 220 valence electrons. The van der Waals surface area contributed by atoms with Crippen molar-refractivity contribution in [3.05, 3.63) is 59.7 Å². The van der Waals surface area contributed by atoms with E-state index in [2.05, 4.69) is 57.9 Å². The van der Waals surface area contributed by atoms with Gasteiger partial charge in [0.1, 0.15) is 11.4 Å². The highest BCUT2D eigenvalue weighted by Gasteiger charge is 2.59. The molecule has 2 heterocycles. The number of benzene rings is 3. The molecule has 7 nitrogen and oxygen atoms in total. The average Bonchev–Trinajstić information content (AvgIpc) is 3.07. The van der Waals surface area contributed by atoms with E-state index >= 15 is 0 Å². The van der Waals surface area contributed by atoms with Crippen LogP contribution >= 0.6 is 0 Å². The second kappa shape index (κ2) is 10.7. The van der Waals surface area contributed by atoms with Gasteiger partial charge in [0, 0.05) is 29.6 Å². The molecule has 1 spiro atoms. The van der Waals surface area contributed by atoms with Gasteiger partial charge >= 0.3 is 5.97 Å². The Hall–Kier alpha value is -3.46. The number of anilines is 1. The maximum Gasteiger partial charge on any atom is 0.310 e. The molecule has 0 fully saturated rings. The molecule has 0 saturated carbocycles. The second-order valence-electron chi connectivity index (χ2n) is 13.2. The predicted molar refractivity (Wildman–Crippen MR) is 174 cm³/mol. The Morgan fingerprint density at radius 2 is 1.79 bits per heavy atom. The molecule has 5 rings (SSSR count). The molecule has 3 aromatic carbocycles. The van der Waals surface area contributed by atoms with Crippen LogP contribution in [0, 0.1) is 11.3 Å². The van der Waals surface area contributed by atoms with Crippen molar-refractivity contribution in [3.8, 4) is 17.6 Å². The van der Waals surface area contributed by atoms with Gasteiger partial charge in [-0.05, 0) is 69.8 Å². The van der Waals surface area contributed by atoms with Gasteiger partial charge in [0.25, 0.3) is 0 Å². The summed E-state index contributed by atoms with van der Waals surface area (Å²) in [6.45, 7) is 15.1. The molecular weight excluding hydrogens is 559 g/mol. The van der Waals surface area contributed by atoms with E-state index in [1.54, 1.807) is 6.07 Å². The SMILES string of the molecule is CCCC[Si](C)(C)O[Si](C)(C)CC(=O)Oc1ccc2c(c1)C(C)(C)C1(C=Nc3c(cc(C#N)c4ccccc34)O1)N2C. The summed E-state index contributed by atoms with van der Waals surface area (Å²) in [4.78, 5) is 20.1. The normalized spacial score (nSPS) is 18.9. The molecule has 3 aromatic rings. The monoisotopic (exact) mass is 599 g/mol. The molecule has 42 heavy (non-hydrogen) atoms. The van der Waals surface area contributed by atoms with Crippen LogP contribution in [0.25, 0.3) is 10.8 Å². The number of likely N-dealkylation sites (N-methyl/N-ethyl adjacent to an activating group) is 1. The fraction of sp³-hybridized carbons (Fsp3) is 0.424. The lowest BCUT2D eigenvalue weighted by Crippen LogP contribution is -2.61. The van der Waals surface area contributed by atoms with Crippen molar-refractivity contribution in [1.82, 2.24) is 0 Å². The van der Waals surface area contributed by atoms with Crippen LogP contribution in [0.3, 0.4) is 0 Å². The van der Waals surface area contributed by atoms with Crippen LogP contribution in [0.4, 0.5) is 11.4 Å². The van der Waals surface area contributed by atoms with Gasteiger partial charge in [0.05, 0.1) is 29.3 Å². The standard InChI is InChI=1S/C33H41N3O4Si2/c1-9-10-17-41(5,6)40-42(7,8)21-30(37)38-24-15-16-28-27(19-24)32(2,3)33(36(28)4)22-35-31-26-14-12-11-13-25(26)23(20-34)18-29(31)39-33/h11-16,18-19,22H,9-10,17,21H2,1-8H3. The molecule has 0 aromatic heterocycles. The zero-order valence-corrected chi connectivity index (χ0v) is 28.0. The highest BCUT2D eigenvalue weighted by Crippen LogP contribution is 2.55. The van der Waals surface area contributed by atoms with Crippen LogP contribution < -0.4 is 14.4 Å². The molecule has 2 aliphatic rings. The Labute approximate surface area is 251 Å². The van der Waals surface area contributed by atoms with E-state index in [9.17, 15) is 10.1 Å². The van der Waals surface area contributed by atoms with Gasteiger partial charge in [0.2, 0.25) is 5.72 Å². The second-order valence-corrected chi connectivity index (χ2v) is 21.9. The summed E-state index contributed by atoms with van der Waals surface area (Å²) in [5.41, 5.74) is 1.74. The summed E-state index contributed by atoms with van der Waals surface area (Å²) in [5.74, 6) is 0.825. The molecule has 2 aliphatic heterocycles. The number of carbonyl (C=O) groups excluding carboxylic acids is 1. The van der Waals surface area contributed by atoms with E-state index in [1.165, 1.54) is 0 Å². The number of hydrogen-bond acceptors (Lipinski definition) is 7. The first-order valence-electron chi connectivity index (χ1n) is 14.7. The summed E-state index contributed by atoms with van der Waals surface area (Å²) in [7, 11) is -2.08. The van der Waals surface area contributed by atoms with Crippen LogP contribution in [0.1, 0.15) is 44.7 Å². The number of hydrogen-bond donors (Lipinski definition) is 0. The predicted octanol–water partition coefficient (Wildman–Crippen LogP) is 8.06. The number of carbonyl (C=O) groups is 1. The first-order valence-corrected chi connectivity index (χ1v) is 21.0. The Morgan fingerprint density at radius 1 is 1.07 bits per heavy atom. The third-order valence-electron chi connectivity index (χ3n) is 8.62. The molecule has 0 saturated heterocycles. The summed E-state index contributed by atoms with van der Waals surface area (Å²) in [6, 6.07) is 19.0. The molecule has 0 aliphatic carbocycles. The van der Waals surface area contributed by atoms with E-state index in [4.69, 9.17) is 18.6 Å². The molecule has 0 amide bonds. The van der Waals surface area contributed by atoms with Crippen molar-refractivity contribution in [2.45, 2.75) is 83.0 Å². The Bertz CT molecular complexity index is 1630. The zero-order valence-electron chi connectivity index (χ0n) is 26.0. The van der Waals surface area contributed by atoms with Crippen molar-refractivity contribution in [1.29, 1.82) is 5.26 Å². The van der Waals surface area contributed by atoms with Crippen molar-refractivity contribution < 1.29 is 18.4 Å². The van der Waals surface area contributed by atoms with Crippen LogP contribution in [-0.4, -0.2) is 41.6 Å². The molecular formula is C33H41N3O4Si2. The quantitative estimate of drug-likeness (QED) is 0.148. The Balaban J connectivity index is 1.40. The third kappa shape index (κ3) is 5.17. The van der Waals surface area contributed by atoms with E-state index in [-0.39, 0.29) is 5.97 Å². The maximum absolute atomic E-state index is 13.1. The van der Waals surface area contributed by atoms with E-state index in [0.29, 0.717) is 23.1 Å². The zero-order chi connectivity index (χ0) is 30.5. The molecule has 0 radical (unpaired) electrons. The van der Waals surface area contributed by atoms with E-state index < -0.39 is 27.8 Å². The van der Waals surface area contributed by atoms with Crippen molar-refractivity contribution >= 4 is 51.0 Å². The van der Waals surface area contributed by atoms with Gasteiger partial charge in [-0.1, -0.05) is 44.0 Å². The number of fused-ring (bicyclic) bond motifs is 4. The Morgan fingerprint density at radius 3 is 2.48 bits per heavy atom. The Kier molecular flexibility index (Phi) is 7.63. The minimum absolute atomic E-state index is 0.258. The summed E-state index contributed by atoms with van der Waals surface area (Å²) >= 11 is 0. The van der Waals surface area contributed by atoms with Crippen molar-refractivity contribution in [3.63, 3.8) is 0 Å². The topological polar surface area (TPSA) is 84.2 Å². The lowest BCUT2D eigenvalue weighted by atomic mass is 9.77. The van der Waals surface area contributed by atoms with E-state index in [0.717, 1.165) is 46.6 Å². The minimum Gasteiger partial charge on any atom is -0.459 e. The van der Waals surface area contributed by atoms with E-state index in [1.807, 2.05) is 55.7 Å². The molecule has 0 bridgehead atoms. The van der Waals surface area contributed by atoms with Crippen LogP contribution in [-0.2, 0) is 14.3 Å². The first-order chi connectivity index (χ1) is 19.7. The van der Waals surface area contributed by atoms with Crippen LogP contribution in [0.15, 0.2) is 53.5 Å². The van der Waals surface area contributed by atoms with Gasteiger partial charge in [0.15, 0.2) is 22.4 Å².